The molecule has 0 fully saturated rings. The smallest absolute Gasteiger partial charge is 0.458 e. The van der Waals surface area contributed by atoms with Crippen molar-refractivity contribution in [2.45, 2.75) is 36.8 Å². The van der Waals surface area contributed by atoms with E-state index >= 15 is 0 Å². The maximum absolute atomic E-state index is 13.1. The van der Waals surface area contributed by atoms with Gasteiger partial charge in [0.05, 0.1) is 6.61 Å². The maximum atomic E-state index is 13.1. The van der Waals surface area contributed by atoms with Crippen LogP contribution in [0.2, 0.25) is 0 Å². The van der Waals surface area contributed by atoms with E-state index in [1.165, 1.54) is 0 Å². The minimum absolute atomic E-state index is 0.751. The van der Waals surface area contributed by atoms with Crippen molar-refractivity contribution in [1.29, 1.82) is 0 Å². The third-order valence-corrected chi connectivity index (χ3v) is 2.57. The highest BCUT2D eigenvalue weighted by Gasteiger charge is 2.87. The summed E-state index contributed by atoms with van der Waals surface area (Å²) in [4.78, 5) is 0. The summed E-state index contributed by atoms with van der Waals surface area (Å²) in [6.45, 7) is -0.352. The first kappa shape index (κ1) is 17.8. The molecule has 0 unspecified atom stereocenters. The molecule has 0 spiro atoms. The van der Waals surface area contributed by atoms with Gasteiger partial charge in [-0.3, -0.25) is 0 Å². The van der Waals surface area contributed by atoms with E-state index in [0.717, 1.165) is 6.92 Å². The Bertz CT molecular complexity index is 459. The Morgan fingerprint density at radius 2 is 1.29 bits per heavy atom. The molecule has 1 aliphatic carbocycles. The van der Waals surface area contributed by atoms with Crippen LogP contribution < -0.4 is 0 Å². The van der Waals surface area contributed by atoms with Crippen LogP contribution in [-0.4, -0.2) is 36.5 Å². The van der Waals surface area contributed by atoms with Crippen LogP contribution in [0.15, 0.2) is 11.3 Å². The average molecular weight is 338 g/mol. The first-order valence-corrected chi connectivity index (χ1v) is 5.03. The lowest BCUT2D eigenvalue weighted by atomic mass is 10.0. The van der Waals surface area contributed by atoms with Gasteiger partial charge in [0, 0.05) is 0 Å². The topological polar surface area (TPSA) is 9.23 Å². The molecule has 0 bridgehead atoms. The minimum atomic E-state index is -6.79. The Kier molecular flexibility index (Phi) is 3.72. The highest BCUT2D eigenvalue weighted by Crippen LogP contribution is 2.64. The number of rotatable bonds is 3. The van der Waals surface area contributed by atoms with Crippen molar-refractivity contribution in [1.82, 2.24) is 0 Å². The standard InChI is InChI=1S/C9H5F11O/c1-2-21-4-3(6(12,13)9(18,19)20)5(10,11)8(16,17)7(4,14)15/h2H2,1H3. The second kappa shape index (κ2) is 4.38. The van der Waals surface area contributed by atoms with Crippen molar-refractivity contribution in [2.24, 2.45) is 0 Å². The molecule has 0 N–H and O–H groups in total. The summed E-state index contributed by atoms with van der Waals surface area (Å²) < 4.78 is 144. The molecular weight excluding hydrogens is 333 g/mol. The molecule has 0 aliphatic heterocycles. The highest BCUT2D eigenvalue weighted by molar-refractivity contribution is 5.42. The van der Waals surface area contributed by atoms with Crippen molar-refractivity contribution in [2.75, 3.05) is 6.61 Å². The third kappa shape index (κ3) is 2.05. The van der Waals surface area contributed by atoms with Crippen molar-refractivity contribution >= 4 is 0 Å². The number of allylic oxidation sites excluding steroid dienone is 2. The van der Waals surface area contributed by atoms with Crippen LogP contribution in [0.1, 0.15) is 6.92 Å². The lowest BCUT2D eigenvalue weighted by molar-refractivity contribution is -0.298. The van der Waals surface area contributed by atoms with E-state index in [-0.39, 0.29) is 0 Å². The van der Waals surface area contributed by atoms with Gasteiger partial charge in [0.2, 0.25) is 0 Å². The molecule has 0 saturated carbocycles. The zero-order valence-corrected chi connectivity index (χ0v) is 9.77. The van der Waals surface area contributed by atoms with Crippen LogP contribution in [0.5, 0.6) is 0 Å². The van der Waals surface area contributed by atoms with E-state index in [4.69, 9.17) is 0 Å². The molecule has 0 amide bonds. The summed E-state index contributed by atoms with van der Waals surface area (Å²) in [7, 11) is 0. The molecule has 0 radical (unpaired) electrons. The normalized spacial score (nSPS) is 24.4. The summed E-state index contributed by atoms with van der Waals surface area (Å²) in [6, 6.07) is 0. The summed E-state index contributed by atoms with van der Waals surface area (Å²) in [5.74, 6) is -28.6. The van der Waals surface area contributed by atoms with Gasteiger partial charge in [-0.05, 0) is 6.92 Å². The van der Waals surface area contributed by atoms with E-state index in [1.54, 1.807) is 0 Å². The Morgan fingerprint density at radius 1 is 0.857 bits per heavy atom. The second-order valence-corrected chi connectivity index (χ2v) is 3.93. The fraction of sp³-hybridized carbons (Fsp3) is 0.778. The zero-order chi connectivity index (χ0) is 17.1. The first-order chi connectivity index (χ1) is 9.06. The Hall–Kier alpha value is -1.23. The van der Waals surface area contributed by atoms with Gasteiger partial charge in [-0.2, -0.15) is 48.3 Å². The van der Waals surface area contributed by atoms with Crippen LogP contribution in [0, 0.1) is 0 Å². The van der Waals surface area contributed by atoms with Gasteiger partial charge in [0.25, 0.3) is 0 Å². The van der Waals surface area contributed by atoms with Gasteiger partial charge in [-0.1, -0.05) is 0 Å². The number of alkyl halides is 11. The molecular formula is C9H5F11O. The Balaban J connectivity index is 3.73. The van der Waals surface area contributed by atoms with E-state index in [0.29, 0.717) is 0 Å². The van der Waals surface area contributed by atoms with Crippen LogP contribution in [0.3, 0.4) is 0 Å². The van der Waals surface area contributed by atoms with E-state index in [2.05, 4.69) is 4.74 Å². The lowest BCUT2D eigenvalue weighted by Crippen LogP contribution is -2.52. The zero-order valence-electron chi connectivity index (χ0n) is 9.77. The van der Waals surface area contributed by atoms with Crippen LogP contribution in [0.4, 0.5) is 48.3 Å². The van der Waals surface area contributed by atoms with Gasteiger partial charge in [0.15, 0.2) is 5.76 Å². The lowest BCUT2D eigenvalue weighted by Gasteiger charge is -2.27. The van der Waals surface area contributed by atoms with Crippen molar-refractivity contribution in [3.63, 3.8) is 0 Å². The summed E-state index contributed by atoms with van der Waals surface area (Å²) in [5, 5.41) is 0. The SMILES string of the molecule is CCOC1=C(C(F)(F)C(F)(F)F)C(F)(F)C(F)(F)C1(F)F. The largest absolute Gasteiger partial charge is 0.491 e. The Morgan fingerprint density at radius 3 is 1.62 bits per heavy atom. The van der Waals surface area contributed by atoms with Gasteiger partial charge < -0.3 is 4.74 Å². The van der Waals surface area contributed by atoms with Crippen LogP contribution in [0.25, 0.3) is 0 Å². The van der Waals surface area contributed by atoms with Crippen molar-refractivity contribution in [3.05, 3.63) is 11.3 Å². The van der Waals surface area contributed by atoms with Crippen molar-refractivity contribution in [3.8, 4) is 0 Å². The first-order valence-electron chi connectivity index (χ1n) is 5.03. The fourth-order valence-corrected chi connectivity index (χ4v) is 1.58. The third-order valence-electron chi connectivity index (χ3n) is 2.57. The number of hydrogen-bond donors (Lipinski definition) is 0. The van der Waals surface area contributed by atoms with Crippen molar-refractivity contribution < 1.29 is 53.0 Å². The summed E-state index contributed by atoms with van der Waals surface area (Å²) in [6.07, 6.45) is -6.79. The van der Waals surface area contributed by atoms with Crippen LogP contribution >= 0.6 is 0 Å². The molecule has 1 nitrogen and oxygen atoms in total. The van der Waals surface area contributed by atoms with Gasteiger partial charge in [-0.25, -0.2) is 0 Å². The Labute approximate surface area is 109 Å². The molecule has 124 valence electrons. The second-order valence-electron chi connectivity index (χ2n) is 3.93. The molecule has 12 heteroatoms. The van der Waals surface area contributed by atoms with Crippen LogP contribution in [-0.2, 0) is 4.74 Å². The maximum Gasteiger partial charge on any atom is 0.458 e. The minimum Gasteiger partial charge on any atom is -0.491 e. The van der Waals surface area contributed by atoms with Gasteiger partial charge >= 0.3 is 29.9 Å². The van der Waals surface area contributed by atoms with E-state index in [1.807, 2.05) is 0 Å². The fourth-order valence-electron chi connectivity index (χ4n) is 1.58. The van der Waals surface area contributed by atoms with Gasteiger partial charge in [-0.15, -0.1) is 0 Å². The predicted octanol–water partition coefficient (Wildman–Crippen LogP) is 4.39. The quantitative estimate of drug-likeness (QED) is 0.694. The number of hydrogen-bond acceptors (Lipinski definition) is 1. The molecule has 1 rings (SSSR count). The molecule has 1 aliphatic rings. The van der Waals surface area contributed by atoms with E-state index in [9.17, 15) is 48.3 Å². The number of ether oxygens (including phenoxy) is 1. The van der Waals surface area contributed by atoms with E-state index < -0.39 is 47.8 Å². The number of halogens is 11. The molecule has 21 heavy (non-hydrogen) atoms. The molecule has 0 aromatic carbocycles. The molecule has 0 saturated heterocycles. The summed E-state index contributed by atoms with van der Waals surface area (Å²) >= 11 is 0. The molecule has 0 atom stereocenters. The monoisotopic (exact) mass is 338 g/mol. The molecule has 0 heterocycles. The average Bonchev–Trinajstić information content (AvgIpc) is 2.34. The highest BCUT2D eigenvalue weighted by atomic mass is 19.4. The van der Waals surface area contributed by atoms with Gasteiger partial charge in [0.1, 0.15) is 5.57 Å². The molecule has 0 aromatic rings. The molecule has 0 aromatic heterocycles. The summed E-state index contributed by atoms with van der Waals surface area (Å²) in [5.41, 5.74) is -3.78. The predicted molar refractivity (Wildman–Crippen MR) is 44.5 cm³/mol.